The maximum Gasteiger partial charge on any atom is 0.416 e. The van der Waals surface area contributed by atoms with Gasteiger partial charge in [-0.1, -0.05) is 30.3 Å². The van der Waals surface area contributed by atoms with Crippen LogP contribution in [0.1, 0.15) is 16.7 Å². The summed E-state index contributed by atoms with van der Waals surface area (Å²) in [6.45, 7) is 1.79. The fraction of sp³-hybridized carbons (Fsp3) is 0.111. The number of aryl methyl sites for hydroxylation is 1. The number of anilines is 1. The topological polar surface area (TPSA) is 52.9 Å². The van der Waals surface area contributed by atoms with Crippen molar-refractivity contribution in [3.05, 3.63) is 70.8 Å². The number of nitrogens with zero attached hydrogens (tertiary/aromatic N) is 1. The average Bonchev–Trinajstić information content (AvgIpc) is 2.54. The van der Waals surface area contributed by atoms with Crippen molar-refractivity contribution in [3.8, 4) is 6.07 Å². The van der Waals surface area contributed by atoms with Gasteiger partial charge in [-0.05, 0) is 42.3 Å². The maximum atomic E-state index is 12.7. The minimum Gasteiger partial charge on any atom is -0.321 e. The van der Waals surface area contributed by atoms with Crippen LogP contribution in [0.15, 0.2) is 54.1 Å². The molecule has 0 bridgehead atoms. The zero-order valence-electron chi connectivity index (χ0n) is 12.7. The Morgan fingerprint density at radius 3 is 2.50 bits per heavy atom. The van der Waals surface area contributed by atoms with E-state index in [1.54, 1.807) is 37.3 Å². The first-order valence-corrected chi connectivity index (χ1v) is 6.97. The monoisotopic (exact) mass is 330 g/mol. The Kier molecular flexibility index (Phi) is 5.05. The quantitative estimate of drug-likeness (QED) is 0.662. The Hall–Kier alpha value is -3.07. The van der Waals surface area contributed by atoms with Crippen LogP contribution in [0, 0.1) is 18.3 Å². The normalized spacial score (nSPS) is 11.7. The van der Waals surface area contributed by atoms with Crippen molar-refractivity contribution in [1.82, 2.24) is 0 Å². The standard InChI is InChI=1S/C18H13F3N2O/c1-12-5-2-3-8-16(12)23-17(24)14(11-22)9-13-6-4-7-15(10-13)18(19,20)21/h2-10H,1H3,(H,23,24)/b14-9+. The molecule has 0 saturated carbocycles. The molecule has 122 valence electrons. The van der Waals surface area contributed by atoms with E-state index in [0.717, 1.165) is 23.8 Å². The van der Waals surface area contributed by atoms with Gasteiger partial charge in [-0.3, -0.25) is 4.79 Å². The molecule has 0 fully saturated rings. The number of nitriles is 1. The molecule has 2 aromatic rings. The fourth-order valence-electron chi connectivity index (χ4n) is 2.02. The first-order valence-electron chi connectivity index (χ1n) is 6.97. The predicted octanol–water partition coefficient (Wildman–Crippen LogP) is 4.56. The zero-order valence-corrected chi connectivity index (χ0v) is 12.7. The molecule has 1 amide bonds. The van der Waals surface area contributed by atoms with E-state index in [-0.39, 0.29) is 11.1 Å². The highest BCUT2D eigenvalue weighted by molar-refractivity contribution is 6.09. The van der Waals surface area contributed by atoms with Crippen molar-refractivity contribution in [3.63, 3.8) is 0 Å². The smallest absolute Gasteiger partial charge is 0.321 e. The summed E-state index contributed by atoms with van der Waals surface area (Å²) in [6, 6.07) is 13.1. The van der Waals surface area contributed by atoms with Crippen LogP contribution in [-0.4, -0.2) is 5.91 Å². The van der Waals surface area contributed by atoms with Crippen molar-refractivity contribution in [2.45, 2.75) is 13.1 Å². The third-order valence-electron chi connectivity index (χ3n) is 3.28. The summed E-state index contributed by atoms with van der Waals surface area (Å²) in [5.74, 6) is -0.677. The molecule has 0 saturated heterocycles. The van der Waals surface area contributed by atoms with Crippen LogP contribution in [0.3, 0.4) is 0 Å². The third kappa shape index (κ3) is 4.23. The number of alkyl halides is 3. The Labute approximate surface area is 137 Å². The molecule has 0 heterocycles. The van der Waals surface area contributed by atoms with E-state index < -0.39 is 17.6 Å². The van der Waals surface area contributed by atoms with Gasteiger partial charge < -0.3 is 5.32 Å². The van der Waals surface area contributed by atoms with Gasteiger partial charge in [0, 0.05) is 5.69 Å². The van der Waals surface area contributed by atoms with Gasteiger partial charge in [0.05, 0.1) is 5.56 Å². The highest BCUT2D eigenvalue weighted by atomic mass is 19.4. The molecule has 6 heteroatoms. The second-order valence-corrected chi connectivity index (χ2v) is 5.06. The number of amides is 1. The second-order valence-electron chi connectivity index (χ2n) is 5.06. The first-order chi connectivity index (χ1) is 11.3. The first kappa shape index (κ1) is 17.3. The van der Waals surface area contributed by atoms with Gasteiger partial charge in [0.2, 0.25) is 0 Å². The number of nitrogens with one attached hydrogen (secondary N) is 1. The average molecular weight is 330 g/mol. The molecule has 1 N–H and O–H groups in total. The molecule has 0 aliphatic heterocycles. The number of para-hydroxylation sites is 1. The van der Waals surface area contributed by atoms with E-state index in [9.17, 15) is 18.0 Å². The molecule has 2 rings (SSSR count). The molecule has 24 heavy (non-hydrogen) atoms. The lowest BCUT2D eigenvalue weighted by molar-refractivity contribution is -0.137. The Morgan fingerprint density at radius 1 is 1.17 bits per heavy atom. The van der Waals surface area contributed by atoms with E-state index in [1.807, 2.05) is 0 Å². The maximum absolute atomic E-state index is 12.7. The number of benzene rings is 2. The molecule has 0 radical (unpaired) electrons. The van der Waals surface area contributed by atoms with Crippen LogP contribution < -0.4 is 5.32 Å². The largest absolute Gasteiger partial charge is 0.416 e. The van der Waals surface area contributed by atoms with Crippen molar-refractivity contribution < 1.29 is 18.0 Å². The summed E-state index contributed by atoms with van der Waals surface area (Å²) in [5, 5.41) is 11.7. The fourth-order valence-corrected chi connectivity index (χ4v) is 2.02. The van der Waals surface area contributed by atoms with Crippen LogP contribution >= 0.6 is 0 Å². The van der Waals surface area contributed by atoms with Crippen molar-refractivity contribution in [2.24, 2.45) is 0 Å². The minimum atomic E-state index is -4.49. The summed E-state index contributed by atoms with van der Waals surface area (Å²) >= 11 is 0. The number of carbonyl (C=O) groups is 1. The summed E-state index contributed by atoms with van der Waals surface area (Å²) in [5.41, 5.74) is 0.349. The van der Waals surface area contributed by atoms with Gasteiger partial charge in [0.15, 0.2) is 0 Å². The van der Waals surface area contributed by atoms with Crippen LogP contribution in [0.25, 0.3) is 6.08 Å². The van der Waals surface area contributed by atoms with Gasteiger partial charge in [-0.2, -0.15) is 18.4 Å². The Bertz CT molecular complexity index is 833. The van der Waals surface area contributed by atoms with E-state index >= 15 is 0 Å². The Balaban J connectivity index is 2.28. The molecule has 3 nitrogen and oxygen atoms in total. The van der Waals surface area contributed by atoms with Crippen LogP contribution in [0.4, 0.5) is 18.9 Å². The predicted molar refractivity (Wildman–Crippen MR) is 84.8 cm³/mol. The van der Waals surface area contributed by atoms with E-state index in [0.29, 0.717) is 5.69 Å². The van der Waals surface area contributed by atoms with Crippen molar-refractivity contribution in [1.29, 1.82) is 5.26 Å². The van der Waals surface area contributed by atoms with Crippen LogP contribution in [0.2, 0.25) is 0 Å². The van der Waals surface area contributed by atoms with Gasteiger partial charge in [-0.25, -0.2) is 0 Å². The molecule has 0 atom stereocenters. The highest BCUT2D eigenvalue weighted by Crippen LogP contribution is 2.30. The summed E-state index contributed by atoms with van der Waals surface area (Å²) in [6.07, 6.45) is -3.36. The van der Waals surface area contributed by atoms with E-state index in [1.165, 1.54) is 12.1 Å². The molecule has 0 aromatic heterocycles. The Morgan fingerprint density at radius 2 is 1.88 bits per heavy atom. The summed E-state index contributed by atoms with van der Waals surface area (Å²) in [7, 11) is 0. The number of halogens is 3. The number of carbonyl (C=O) groups excluding carboxylic acids is 1. The molecule has 2 aromatic carbocycles. The minimum absolute atomic E-state index is 0.126. The van der Waals surface area contributed by atoms with Crippen LogP contribution in [0.5, 0.6) is 0 Å². The SMILES string of the molecule is Cc1ccccc1NC(=O)/C(C#N)=C/c1cccc(C(F)(F)F)c1. The summed E-state index contributed by atoms with van der Waals surface area (Å²) in [4.78, 5) is 12.2. The highest BCUT2D eigenvalue weighted by Gasteiger charge is 2.30. The van der Waals surface area contributed by atoms with Gasteiger partial charge in [0.1, 0.15) is 11.6 Å². The lowest BCUT2D eigenvalue weighted by atomic mass is 10.1. The third-order valence-corrected chi connectivity index (χ3v) is 3.28. The van der Waals surface area contributed by atoms with Crippen molar-refractivity contribution >= 4 is 17.7 Å². The molecule has 0 spiro atoms. The molecular weight excluding hydrogens is 317 g/mol. The van der Waals surface area contributed by atoms with Gasteiger partial charge in [-0.15, -0.1) is 0 Å². The zero-order chi connectivity index (χ0) is 17.7. The number of rotatable bonds is 3. The number of hydrogen-bond acceptors (Lipinski definition) is 2. The molecule has 0 unspecified atom stereocenters. The van der Waals surface area contributed by atoms with Gasteiger partial charge in [0.25, 0.3) is 5.91 Å². The lowest BCUT2D eigenvalue weighted by Crippen LogP contribution is -2.14. The number of hydrogen-bond donors (Lipinski definition) is 1. The van der Waals surface area contributed by atoms with E-state index in [2.05, 4.69) is 5.32 Å². The van der Waals surface area contributed by atoms with Gasteiger partial charge >= 0.3 is 6.18 Å². The van der Waals surface area contributed by atoms with E-state index in [4.69, 9.17) is 5.26 Å². The molecular formula is C18H13F3N2O. The lowest BCUT2D eigenvalue weighted by Gasteiger charge is -2.08. The summed E-state index contributed by atoms with van der Waals surface area (Å²) < 4.78 is 38.1. The van der Waals surface area contributed by atoms with Crippen LogP contribution in [-0.2, 0) is 11.0 Å². The second kappa shape index (κ2) is 7.01. The molecule has 0 aliphatic rings. The van der Waals surface area contributed by atoms with Crippen molar-refractivity contribution in [2.75, 3.05) is 5.32 Å². The molecule has 0 aliphatic carbocycles.